The second-order valence-electron chi connectivity index (χ2n) is 3.84. The van der Waals surface area contributed by atoms with Crippen LogP contribution in [0.2, 0.25) is 0 Å². The lowest BCUT2D eigenvalue weighted by atomic mass is 10.1. The van der Waals surface area contributed by atoms with E-state index in [4.69, 9.17) is 11.6 Å². The Kier molecular flexibility index (Phi) is 3.33. The molecule has 0 saturated carbocycles. The maximum Gasteiger partial charge on any atom is 0.147 e. The molecule has 3 rings (SSSR count). The molecular weight excluding hydrogens is 332 g/mol. The van der Waals surface area contributed by atoms with E-state index in [1.807, 2.05) is 6.07 Å². The van der Waals surface area contributed by atoms with Crippen LogP contribution in [0.5, 0.6) is 0 Å². The van der Waals surface area contributed by atoms with Crippen LogP contribution in [0.3, 0.4) is 0 Å². The maximum absolute atomic E-state index is 5.74. The molecule has 0 aliphatic rings. The van der Waals surface area contributed by atoms with E-state index in [0.717, 1.165) is 20.1 Å². The Hall–Kier alpha value is -0.970. The van der Waals surface area contributed by atoms with Gasteiger partial charge in [-0.15, -0.1) is 21.8 Å². The van der Waals surface area contributed by atoms with E-state index >= 15 is 0 Å². The minimum atomic E-state index is 0.415. The summed E-state index contributed by atoms with van der Waals surface area (Å²) in [5, 5.41) is 12.3. The summed E-state index contributed by atoms with van der Waals surface area (Å²) >= 11 is 10.8. The van der Waals surface area contributed by atoms with Gasteiger partial charge in [-0.05, 0) is 29.0 Å². The third-order valence-electron chi connectivity index (χ3n) is 2.63. The van der Waals surface area contributed by atoms with Crippen molar-refractivity contribution in [2.24, 2.45) is 0 Å². The number of hydrogen-bond donors (Lipinski definition) is 0. The summed E-state index contributed by atoms with van der Waals surface area (Å²) in [4.78, 5) is 0. The van der Waals surface area contributed by atoms with Crippen molar-refractivity contribution in [3.05, 3.63) is 45.9 Å². The highest BCUT2D eigenvalue weighted by Crippen LogP contribution is 2.28. The van der Waals surface area contributed by atoms with Gasteiger partial charge >= 0.3 is 0 Å². The lowest BCUT2D eigenvalue weighted by Gasteiger charge is -2.01. The van der Waals surface area contributed by atoms with Crippen LogP contribution < -0.4 is 0 Å². The highest BCUT2D eigenvalue weighted by Gasteiger charge is 2.06. The minimum absolute atomic E-state index is 0.415. The minimum Gasteiger partial charge on any atom is -0.142 e. The Bertz CT molecular complexity index is 711. The zero-order chi connectivity index (χ0) is 12.5. The number of fused-ring (bicyclic) bond motifs is 1. The van der Waals surface area contributed by atoms with Crippen LogP contribution in [0.25, 0.3) is 21.3 Å². The van der Waals surface area contributed by atoms with Crippen molar-refractivity contribution < 1.29 is 0 Å². The van der Waals surface area contributed by atoms with E-state index in [1.165, 1.54) is 22.1 Å². The van der Waals surface area contributed by atoms with Crippen LogP contribution in [0, 0.1) is 0 Å². The molecule has 0 bridgehead atoms. The van der Waals surface area contributed by atoms with Gasteiger partial charge in [0.15, 0.2) is 0 Å². The summed E-state index contributed by atoms with van der Waals surface area (Å²) in [6.07, 6.45) is 0. The van der Waals surface area contributed by atoms with Crippen molar-refractivity contribution in [2.75, 3.05) is 0 Å². The predicted octanol–water partition coefficient (Wildman–Crippen LogP) is 4.86. The third-order valence-corrected chi connectivity index (χ3v) is 4.51. The monoisotopic (exact) mass is 338 g/mol. The summed E-state index contributed by atoms with van der Waals surface area (Å²) in [5.74, 6) is 0.415. The SMILES string of the molecule is ClCc1nnc(-c2ccc3cc(Br)ccc3c2)s1. The quantitative estimate of drug-likeness (QED) is 0.623. The van der Waals surface area contributed by atoms with Crippen LogP contribution in [0.1, 0.15) is 5.01 Å². The smallest absolute Gasteiger partial charge is 0.142 e. The molecule has 0 aliphatic heterocycles. The fourth-order valence-electron chi connectivity index (χ4n) is 1.77. The summed E-state index contributed by atoms with van der Waals surface area (Å²) in [6, 6.07) is 12.5. The Balaban J connectivity index is 2.10. The standard InChI is InChI=1S/C13H8BrClN2S/c14-11-4-3-8-5-10(2-1-9(8)6-11)13-17-16-12(7-15)18-13/h1-6H,7H2. The van der Waals surface area contributed by atoms with E-state index in [0.29, 0.717) is 5.88 Å². The fourth-order valence-corrected chi connectivity index (χ4v) is 3.06. The molecule has 1 heterocycles. The Morgan fingerprint density at radius 2 is 1.83 bits per heavy atom. The highest BCUT2D eigenvalue weighted by atomic mass is 79.9. The van der Waals surface area contributed by atoms with Crippen molar-refractivity contribution in [1.82, 2.24) is 10.2 Å². The third kappa shape index (κ3) is 2.28. The average molecular weight is 340 g/mol. The van der Waals surface area contributed by atoms with Gasteiger partial charge in [-0.2, -0.15) is 0 Å². The van der Waals surface area contributed by atoms with Crippen LogP contribution in [-0.4, -0.2) is 10.2 Å². The van der Waals surface area contributed by atoms with E-state index in [2.05, 4.69) is 56.5 Å². The molecule has 0 saturated heterocycles. The predicted molar refractivity (Wildman–Crippen MR) is 80.1 cm³/mol. The molecule has 2 nitrogen and oxygen atoms in total. The van der Waals surface area contributed by atoms with Gasteiger partial charge in [-0.1, -0.05) is 45.5 Å². The topological polar surface area (TPSA) is 25.8 Å². The van der Waals surface area contributed by atoms with E-state index in [-0.39, 0.29) is 0 Å². The van der Waals surface area contributed by atoms with Gasteiger partial charge in [0, 0.05) is 10.0 Å². The molecule has 18 heavy (non-hydrogen) atoms. The van der Waals surface area contributed by atoms with Crippen LogP contribution in [-0.2, 0) is 5.88 Å². The first-order valence-corrected chi connectivity index (χ1v) is 7.49. The van der Waals surface area contributed by atoms with Crippen LogP contribution in [0.15, 0.2) is 40.9 Å². The second kappa shape index (κ2) is 4.96. The highest BCUT2D eigenvalue weighted by molar-refractivity contribution is 9.10. The van der Waals surface area contributed by atoms with Gasteiger partial charge < -0.3 is 0 Å². The van der Waals surface area contributed by atoms with Crippen LogP contribution >= 0.6 is 38.9 Å². The van der Waals surface area contributed by atoms with Gasteiger partial charge in [-0.3, -0.25) is 0 Å². The Labute approximate surface area is 122 Å². The van der Waals surface area contributed by atoms with E-state index < -0.39 is 0 Å². The van der Waals surface area contributed by atoms with Crippen LogP contribution in [0.4, 0.5) is 0 Å². The molecule has 3 aromatic rings. The number of benzene rings is 2. The largest absolute Gasteiger partial charge is 0.147 e. The molecule has 0 amide bonds. The molecule has 5 heteroatoms. The first-order chi connectivity index (χ1) is 8.76. The molecule has 0 radical (unpaired) electrons. The molecule has 0 aliphatic carbocycles. The summed E-state index contributed by atoms with van der Waals surface area (Å²) in [5.41, 5.74) is 1.08. The molecular formula is C13H8BrClN2S. The Morgan fingerprint density at radius 3 is 2.61 bits per heavy atom. The normalized spacial score (nSPS) is 11.0. The summed E-state index contributed by atoms with van der Waals surface area (Å²) in [6.45, 7) is 0. The van der Waals surface area contributed by atoms with Gasteiger partial charge in [0.1, 0.15) is 10.0 Å². The second-order valence-corrected chi connectivity index (χ2v) is 6.09. The van der Waals surface area contributed by atoms with Gasteiger partial charge in [-0.25, -0.2) is 0 Å². The lowest BCUT2D eigenvalue weighted by molar-refractivity contribution is 1.04. The molecule has 0 unspecified atom stereocenters. The Morgan fingerprint density at radius 1 is 1.06 bits per heavy atom. The average Bonchev–Trinajstić information content (AvgIpc) is 2.87. The first-order valence-electron chi connectivity index (χ1n) is 5.34. The van der Waals surface area contributed by atoms with E-state index in [9.17, 15) is 0 Å². The van der Waals surface area contributed by atoms with E-state index in [1.54, 1.807) is 0 Å². The van der Waals surface area contributed by atoms with Crippen molar-refractivity contribution in [2.45, 2.75) is 5.88 Å². The zero-order valence-corrected chi connectivity index (χ0v) is 12.4. The lowest BCUT2D eigenvalue weighted by Crippen LogP contribution is -1.79. The number of aromatic nitrogens is 2. The van der Waals surface area contributed by atoms with Crippen molar-refractivity contribution in [1.29, 1.82) is 0 Å². The number of hydrogen-bond acceptors (Lipinski definition) is 3. The molecule has 0 spiro atoms. The summed E-state index contributed by atoms with van der Waals surface area (Å²) < 4.78 is 1.09. The van der Waals surface area contributed by atoms with Gasteiger partial charge in [0.05, 0.1) is 5.88 Å². The van der Waals surface area contributed by atoms with Crippen molar-refractivity contribution in [3.63, 3.8) is 0 Å². The molecule has 0 N–H and O–H groups in total. The molecule has 90 valence electrons. The fraction of sp³-hybridized carbons (Fsp3) is 0.0769. The maximum atomic E-state index is 5.74. The number of rotatable bonds is 2. The molecule has 1 aromatic heterocycles. The van der Waals surface area contributed by atoms with Crippen molar-refractivity contribution >= 4 is 49.6 Å². The molecule has 2 aromatic carbocycles. The zero-order valence-electron chi connectivity index (χ0n) is 9.23. The number of alkyl halides is 1. The first kappa shape index (κ1) is 12.1. The van der Waals surface area contributed by atoms with Crippen molar-refractivity contribution in [3.8, 4) is 10.6 Å². The summed E-state index contributed by atoms with van der Waals surface area (Å²) in [7, 11) is 0. The van der Waals surface area contributed by atoms with Gasteiger partial charge in [0.25, 0.3) is 0 Å². The molecule has 0 fully saturated rings. The number of nitrogens with zero attached hydrogens (tertiary/aromatic N) is 2. The number of halogens is 2. The molecule has 0 atom stereocenters. The van der Waals surface area contributed by atoms with Gasteiger partial charge in [0.2, 0.25) is 0 Å².